The van der Waals surface area contributed by atoms with Crippen LogP contribution in [0.3, 0.4) is 0 Å². The molecule has 0 aliphatic carbocycles. The number of fused-ring (bicyclic) bond motifs is 1. The van der Waals surface area contributed by atoms with Gasteiger partial charge in [-0.2, -0.15) is 0 Å². The zero-order chi connectivity index (χ0) is 28.7. The second-order valence-electron chi connectivity index (χ2n) is 9.28. The van der Waals surface area contributed by atoms with E-state index in [9.17, 15) is 14.0 Å². The first-order chi connectivity index (χ1) is 19.8. The number of anilines is 1. The lowest BCUT2D eigenvalue weighted by molar-refractivity contribution is -0.113. The van der Waals surface area contributed by atoms with E-state index in [2.05, 4.69) is 42.2 Å². The number of furan rings is 1. The molecule has 0 saturated heterocycles. The molecule has 1 amide bonds. The van der Waals surface area contributed by atoms with Gasteiger partial charge in [0.05, 0.1) is 21.8 Å². The Hall–Kier alpha value is -3.86. The number of nitrogens with zero attached hydrogens (tertiary/aromatic N) is 2. The van der Waals surface area contributed by atoms with Crippen LogP contribution in [0, 0.1) is 5.82 Å². The molecule has 1 aliphatic rings. The summed E-state index contributed by atoms with van der Waals surface area (Å²) in [6.07, 6.45) is 1.67. The van der Waals surface area contributed by atoms with E-state index in [1.54, 1.807) is 43.3 Å². The summed E-state index contributed by atoms with van der Waals surface area (Å²) in [5.74, 6) is 0.324. The SMILES string of the molecule is CC1=C(C(=O)Nc2ccccc2)[C@H](c2ccc(F)cc2)n2c(s/c(=C/c3ccc(-c4cc(Br)ccc4Br)o3)c2=O)=N1. The van der Waals surface area contributed by atoms with E-state index in [0.717, 1.165) is 14.5 Å². The highest BCUT2D eigenvalue weighted by Crippen LogP contribution is 2.33. The van der Waals surface area contributed by atoms with Crippen LogP contribution in [0.5, 0.6) is 0 Å². The van der Waals surface area contributed by atoms with Crippen molar-refractivity contribution in [1.29, 1.82) is 0 Å². The maximum atomic E-state index is 13.9. The van der Waals surface area contributed by atoms with Gasteiger partial charge in [-0.15, -0.1) is 0 Å². The number of para-hydroxylation sites is 1. The van der Waals surface area contributed by atoms with Crippen molar-refractivity contribution in [2.24, 2.45) is 4.99 Å². The van der Waals surface area contributed by atoms with Crippen LogP contribution >= 0.6 is 43.2 Å². The summed E-state index contributed by atoms with van der Waals surface area (Å²) < 4.78 is 23.6. The van der Waals surface area contributed by atoms with Crippen LogP contribution in [0.25, 0.3) is 17.4 Å². The second kappa shape index (κ2) is 11.2. The van der Waals surface area contributed by atoms with Gasteiger partial charge in [-0.25, -0.2) is 9.38 Å². The van der Waals surface area contributed by atoms with Gasteiger partial charge < -0.3 is 9.73 Å². The zero-order valence-electron chi connectivity index (χ0n) is 21.4. The maximum absolute atomic E-state index is 13.9. The Morgan fingerprint density at radius 1 is 1.05 bits per heavy atom. The van der Waals surface area contributed by atoms with E-state index >= 15 is 0 Å². The van der Waals surface area contributed by atoms with Crippen molar-refractivity contribution in [3.63, 3.8) is 0 Å². The molecule has 0 saturated carbocycles. The average Bonchev–Trinajstić information content (AvgIpc) is 3.54. The highest BCUT2D eigenvalue weighted by atomic mass is 79.9. The van der Waals surface area contributed by atoms with Gasteiger partial charge in [0.15, 0.2) is 4.80 Å². The topological polar surface area (TPSA) is 76.6 Å². The summed E-state index contributed by atoms with van der Waals surface area (Å²) in [5, 5.41) is 2.90. The number of thiazole rings is 1. The Kier molecular flexibility index (Phi) is 7.46. The van der Waals surface area contributed by atoms with Gasteiger partial charge in [-0.05, 0) is 67.1 Å². The molecular weight excluding hydrogens is 673 g/mol. The minimum Gasteiger partial charge on any atom is -0.457 e. The van der Waals surface area contributed by atoms with Crippen molar-refractivity contribution in [2.45, 2.75) is 13.0 Å². The summed E-state index contributed by atoms with van der Waals surface area (Å²) >= 11 is 8.24. The first kappa shape index (κ1) is 27.3. The molecule has 1 N–H and O–H groups in total. The predicted molar refractivity (Wildman–Crippen MR) is 165 cm³/mol. The Bertz CT molecular complexity index is 2010. The number of hydrogen-bond donors (Lipinski definition) is 1. The average molecular weight is 693 g/mol. The number of halogens is 3. The lowest BCUT2D eigenvalue weighted by atomic mass is 9.95. The summed E-state index contributed by atoms with van der Waals surface area (Å²) in [5.41, 5.74) is 2.51. The van der Waals surface area contributed by atoms with Crippen LogP contribution in [-0.2, 0) is 4.79 Å². The number of nitrogens with one attached hydrogen (secondary N) is 1. The minimum atomic E-state index is -0.803. The van der Waals surface area contributed by atoms with E-state index in [-0.39, 0.29) is 5.56 Å². The molecule has 2 aromatic heterocycles. The first-order valence-corrected chi connectivity index (χ1v) is 14.9. The number of hydrogen-bond acceptors (Lipinski definition) is 5. The van der Waals surface area contributed by atoms with Crippen molar-refractivity contribution in [3.8, 4) is 11.3 Å². The molecule has 41 heavy (non-hydrogen) atoms. The monoisotopic (exact) mass is 691 g/mol. The van der Waals surface area contributed by atoms with Crippen LogP contribution in [0.2, 0.25) is 0 Å². The normalized spacial score (nSPS) is 15.0. The number of carbonyl (C=O) groups excluding carboxylic acids is 1. The molecule has 1 aliphatic heterocycles. The highest BCUT2D eigenvalue weighted by Gasteiger charge is 2.32. The Morgan fingerprint density at radius 3 is 2.56 bits per heavy atom. The molecule has 5 aromatic rings. The lowest BCUT2D eigenvalue weighted by Gasteiger charge is -2.25. The Balaban J connectivity index is 1.45. The summed E-state index contributed by atoms with van der Waals surface area (Å²) in [6.45, 7) is 1.74. The first-order valence-electron chi connectivity index (χ1n) is 12.5. The van der Waals surface area contributed by atoms with Gasteiger partial charge in [-0.1, -0.05) is 73.5 Å². The molecule has 0 radical (unpaired) electrons. The number of rotatable bonds is 5. The molecule has 6 rings (SSSR count). The molecule has 6 nitrogen and oxygen atoms in total. The Morgan fingerprint density at radius 2 is 1.80 bits per heavy atom. The van der Waals surface area contributed by atoms with Gasteiger partial charge in [0, 0.05) is 26.3 Å². The molecule has 10 heteroatoms. The van der Waals surface area contributed by atoms with Gasteiger partial charge in [0.25, 0.3) is 11.5 Å². The molecule has 3 aromatic carbocycles. The number of carbonyl (C=O) groups is 1. The molecule has 0 unspecified atom stereocenters. The molecule has 0 fully saturated rings. The lowest BCUT2D eigenvalue weighted by Crippen LogP contribution is -2.40. The fourth-order valence-electron chi connectivity index (χ4n) is 4.68. The second-order valence-corrected chi connectivity index (χ2v) is 12.1. The van der Waals surface area contributed by atoms with Crippen molar-refractivity contribution in [3.05, 3.63) is 142 Å². The van der Waals surface area contributed by atoms with Crippen LogP contribution in [0.1, 0.15) is 24.3 Å². The fourth-order valence-corrected chi connectivity index (χ4v) is 6.51. The standard InChI is InChI=1S/C31H20Br2FN3O3S/c1-17-27(29(38)36-21-5-3-2-4-6-21)28(18-7-10-20(34)11-8-18)37-30(39)26(41-31(37)35-17)16-22-12-14-25(40-22)23-15-19(32)9-13-24(23)33/h2-16,28H,1H3,(H,36,38)/b26-16+/t28-/m0/s1. The van der Waals surface area contributed by atoms with E-state index in [0.29, 0.717) is 43.4 Å². The van der Waals surface area contributed by atoms with Crippen LogP contribution in [-0.4, -0.2) is 10.5 Å². The van der Waals surface area contributed by atoms with E-state index < -0.39 is 17.8 Å². The molecule has 3 heterocycles. The number of benzene rings is 3. The molecular formula is C31H20Br2FN3O3S. The zero-order valence-corrected chi connectivity index (χ0v) is 25.4. The largest absolute Gasteiger partial charge is 0.457 e. The minimum absolute atomic E-state index is 0.305. The van der Waals surface area contributed by atoms with Crippen molar-refractivity contribution in [2.75, 3.05) is 5.32 Å². The van der Waals surface area contributed by atoms with Gasteiger partial charge >= 0.3 is 0 Å². The molecule has 1 atom stereocenters. The molecule has 204 valence electrons. The fraction of sp³-hybridized carbons (Fsp3) is 0.0645. The summed E-state index contributed by atoms with van der Waals surface area (Å²) in [6, 6.07) is 23.5. The van der Waals surface area contributed by atoms with Gasteiger partial charge in [0.2, 0.25) is 0 Å². The van der Waals surface area contributed by atoms with Crippen molar-refractivity contribution in [1.82, 2.24) is 4.57 Å². The summed E-state index contributed by atoms with van der Waals surface area (Å²) in [7, 11) is 0. The van der Waals surface area contributed by atoms with Gasteiger partial charge in [-0.3, -0.25) is 14.2 Å². The quantitative estimate of drug-likeness (QED) is 0.220. The smallest absolute Gasteiger partial charge is 0.271 e. The van der Waals surface area contributed by atoms with Crippen molar-refractivity contribution < 1.29 is 13.6 Å². The third-order valence-electron chi connectivity index (χ3n) is 6.58. The highest BCUT2D eigenvalue weighted by molar-refractivity contribution is 9.11. The maximum Gasteiger partial charge on any atom is 0.271 e. The van der Waals surface area contributed by atoms with E-state index in [4.69, 9.17) is 4.42 Å². The van der Waals surface area contributed by atoms with Crippen LogP contribution in [0.4, 0.5) is 10.1 Å². The predicted octanol–water partition coefficient (Wildman–Crippen LogP) is 6.80. The molecule has 0 spiro atoms. The van der Waals surface area contributed by atoms with Gasteiger partial charge in [0.1, 0.15) is 17.3 Å². The molecule has 0 bridgehead atoms. The number of allylic oxidation sites excluding steroid dienone is 1. The number of aromatic nitrogens is 1. The van der Waals surface area contributed by atoms with E-state index in [1.807, 2.05) is 42.5 Å². The third kappa shape index (κ3) is 5.42. The Labute approximate surface area is 254 Å². The number of amides is 1. The van der Waals surface area contributed by atoms with Crippen LogP contribution < -0.4 is 20.2 Å². The third-order valence-corrected chi connectivity index (χ3v) is 8.75. The van der Waals surface area contributed by atoms with Crippen LogP contribution in [0.15, 0.2) is 119 Å². The van der Waals surface area contributed by atoms with E-state index in [1.165, 1.54) is 28.0 Å². The summed E-state index contributed by atoms with van der Waals surface area (Å²) in [4.78, 5) is 32.5. The van der Waals surface area contributed by atoms with Crippen molar-refractivity contribution >= 4 is 60.9 Å².